The number of hydrogen-bond donors (Lipinski definition) is 2. The number of carbonyl (C=O) groups is 2. The molecule has 0 bridgehead atoms. The minimum absolute atomic E-state index is 0.000946. The standard InChI is InChI=1S/C20H25N3O2S/c1-12(2)18(21-13(3)24)19(25)23-20-22-17(11-26-20)16-9-8-14-6-4-5-7-15(14)10-16/h8-12,18H,4-7H2,1-3H3,(H,21,24)(H,22,23,25)/t18-/m1/s1. The number of nitrogens with zero attached hydrogens (tertiary/aromatic N) is 1. The van der Waals surface area contributed by atoms with E-state index in [0.717, 1.165) is 24.1 Å². The maximum atomic E-state index is 12.5. The Balaban J connectivity index is 1.73. The molecule has 1 aliphatic rings. The highest BCUT2D eigenvalue weighted by Crippen LogP contribution is 2.29. The van der Waals surface area contributed by atoms with Gasteiger partial charge >= 0.3 is 0 Å². The normalized spacial score (nSPS) is 14.6. The van der Waals surface area contributed by atoms with Gasteiger partial charge in [-0.2, -0.15) is 0 Å². The van der Waals surface area contributed by atoms with Gasteiger partial charge in [-0.05, 0) is 48.8 Å². The highest BCUT2D eigenvalue weighted by atomic mass is 32.1. The quantitative estimate of drug-likeness (QED) is 0.840. The van der Waals surface area contributed by atoms with Crippen LogP contribution in [0.2, 0.25) is 0 Å². The smallest absolute Gasteiger partial charge is 0.248 e. The second-order valence-corrected chi connectivity index (χ2v) is 8.00. The van der Waals surface area contributed by atoms with Gasteiger partial charge in [0, 0.05) is 17.9 Å². The fourth-order valence-electron chi connectivity index (χ4n) is 3.29. The van der Waals surface area contributed by atoms with Gasteiger partial charge in [-0.15, -0.1) is 11.3 Å². The number of aryl methyl sites for hydroxylation is 2. The molecule has 0 saturated carbocycles. The number of nitrogens with one attached hydrogen (secondary N) is 2. The number of fused-ring (bicyclic) bond motifs is 1. The number of aromatic nitrogens is 1. The zero-order valence-corrected chi connectivity index (χ0v) is 16.3. The average molecular weight is 372 g/mol. The molecule has 6 heteroatoms. The molecule has 0 fully saturated rings. The van der Waals surface area contributed by atoms with Crippen molar-refractivity contribution in [2.75, 3.05) is 5.32 Å². The van der Waals surface area contributed by atoms with Crippen LogP contribution in [0.3, 0.4) is 0 Å². The summed E-state index contributed by atoms with van der Waals surface area (Å²) in [4.78, 5) is 28.3. The Hall–Kier alpha value is -2.21. The molecule has 2 N–H and O–H groups in total. The molecule has 2 amide bonds. The molecule has 0 aliphatic heterocycles. The monoisotopic (exact) mass is 371 g/mol. The molecule has 26 heavy (non-hydrogen) atoms. The van der Waals surface area contributed by atoms with E-state index in [9.17, 15) is 9.59 Å². The number of rotatable bonds is 5. The molecule has 5 nitrogen and oxygen atoms in total. The molecule has 0 spiro atoms. The van der Waals surface area contributed by atoms with Crippen molar-refractivity contribution >= 4 is 28.3 Å². The molecule has 138 valence electrons. The fraction of sp³-hybridized carbons (Fsp3) is 0.450. The van der Waals surface area contributed by atoms with E-state index < -0.39 is 6.04 Å². The molecule has 3 rings (SSSR count). The van der Waals surface area contributed by atoms with Crippen LogP contribution in [-0.2, 0) is 22.4 Å². The molecular weight excluding hydrogens is 346 g/mol. The molecule has 1 aliphatic carbocycles. The molecular formula is C20H25N3O2S. The third-order valence-electron chi connectivity index (χ3n) is 4.69. The Morgan fingerprint density at radius 1 is 1.15 bits per heavy atom. The summed E-state index contributed by atoms with van der Waals surface area (Å²) < 4.78 is 0. The van der Waals surface area contributed by atoms with Gasteiger partial charge < -0.3 is 10.6 Å². The van der Waals surface area contributed by atoms with Crippen LogP contribution in [0.1, 0.15) is 44.7 Å². The Kier molecular flexibility index (Phi) is 5.71. The second-order valence-electron chi connectivity index (χ2n) is 7.14. The van der Waals surface area contributed by atoms with E-state index in [-0.39, 0.29) is 17.7 Å². The summed E-state index contributed by atoms with van der Waals surface area (Å²) in [6, 6.07) is 5.97. The van der Waals surface area contributed by atoms with Crippen molar-refractivity contribution < 1.29 is 9.59 Å². The first-order valence-corrected chi connectivity index (χ1v) is 9.97. The second kappa shape index (κ2) is 7.99. The van der Waals surface area contributed by atoms with Crippen molar-refractivity contribution in [2.24, 2.45) is 5.92 Å². The topological polar surface area (TPSA) is 71.1 Å². The first-order valence-electron chi connectivity index (χ1n) is 9.09. The van der Waals surface area contributed by atoms with E-state index in [1.807, 2.05) is 19.2 Å². The van der Waals surface area contributed by atoms with Crippen LogP contribution < -0.4 is 10.6 Å². The van der Waals surface area contributed by atoms with Crippen molar-refractivity contribution in [3.63, 3.8) is 0 Å². The predicted molar refractivity (Wildman–Crippen MR) is 105 cm³/mol. The van der Waals surface area contributed by atoms with Gasteiger partial charge in [0.05, 0.1) is 5.69 Å². The minimum atomic E-state index is -0.566. The predicted octanol–water partition coefficient (Wildman–Crippen LogP) is 3.79. The molecule has 0 saturated heterocycles. The summed E-state index contributed by atoms with van der Waals surface area (Å²) in [6.45, 7) is 5.22. The lowest BCUT2D eigenvalue weighted by Gasteiger charge is -2.20. The lowest BCUT2D eigenvalue weighted by molar-refractivity contribution is -0.126. The summed E-state index contributed by atoms with van der Waals surface area (Å²) in [6.07, 6.45) is 4.80. The maximum absolute atomic E-state index is 12.5. The number of thiazole rings is 1. The van der Waals surface area contributed by atoms with Crippen LogP contribution in [0, 0.1) is 5.92 Å². The number of anilines is 1. The van der Waals surface area contributed by atoms with Crippen LogP contribution in [0.25, 0.3) is 11.3 Å². The van der Waals surface area contributed by atoms with Crippen LogP contribution >= 0.6 is 11.3 Å². The largest absolute Gasteiger partial charge is 0.344 e. The Bertz CT molecular complexity index is 813. The van der Waals surface area contributed by atoms with Gasteiger partial charge in [0.15, 0.2) is 5.13 Å². The van der Waals surface area contributed by atoms with E-state index in [1.54, 1.807) is 0 Å². The Morgan fingerprint density at radius 2 is 1.88 bits per heavy atom. The van der Waals surface area contributed by atoms with Gasteiger partial charge in [-0.25, -0.2) is 4.98 Å². The van der Waals surface area contributed by atoms with Crippen LogP contribution in [0.15, 0.2) is 23.6 Å². The molecule has 0 radical (unpaired) electrons. The molecule has 1 aromatic carbocycles. The van der Waals surface area contributed by atoms with Crippen molar-refractivity contribution in [1.82, 2.24) is 10.3 Å². The third-order valence-corrected chi connectivity index (χ3v) is 5.44. The van der Waals surface area contributed by atoms with Crippen LogP contribution in [-0.4, -0.2) is 22.8 Å². The van der Waals surface area contributed by atoms with E-state index in [2.05, 4.69) is 33.8 Å². The summed E-state index contributed by atoms with van der Waals surface area (Å²) in [5.41, 5.74) is 4.82. The highest BCUT2D eigenvalue weighted by Gasteiger charge is 2.24. The number of amides is 2. The number of benzene rings is 1. The summed E-state index contributed by atoms with van der Waals surface area (Å²) >= 11 is 1.40. The van der Waals surface area contributed by atoms with E-state index in [1.165, 1.54) is 42.2 Å². The molecule has 2 aromatic rings. The fourth-order valence-corrected chi connectivity index (χ4v) is 4.02. The van der Waals surface area contributed by atoms with Gasteiger partial charge in [0.1, 0.15) is 6.04 Å². The molecule has 0 unspecified atom stereocenters. The zero-order chi connectivity index (χ0) is 18.7. The van der Waals surface area contributed by atoms with E-state index >= 15 is 0 Å². The van der Waals surface area contributed by atoms with Gasteiger partial charge in [0.25, 0.3) is 0 Å². The lowest BCUT2D eigenvalue weighted by atomic mass is 9.90. The summed E-state index contributed by atoms with van der Waals surface area (Å²) in [7, 11) is 0. The minimum Gasteiger partial charge on any atom is -0.344 e. The summed E-state index contributed by atoms with van der Waals surface area (Å²) in [5, 5.41) is 8.05. The summed E-state index contributed by atoms with van der Waals surface area (Å²) in [5.74, 6) is -0.451. The maximum Gasteiger partial charge on any atom is 0.248 e. The first kappa shape index (κ1) is 18.6. The van der Waals surface area contributed by atoms with E-state index in [0.29, 0.717) is 5.13 Å². The number of hydrogen-bond acceptors (Lipinski definition) is 4. The molecule has 1 atom stereocenters. The van der Waals surface area contributed by atoms with Crippen LogP contribution in [0.4, 0.5) is 5.13 Å². The third kappa shape index (κ3) is 4.30. The molecule has 1 aromatic heterocycles. The average Bonchev–Trinajstić information content (AvgIpc) is 3.07. The van der Waals surface area contributed by atoms with Crippen molar-refractivity contribution in [3.05, 3.63) is 34.7 Å². The first-order chi connectivity index (χ1) is 12.4. The Morgan fingerprint density at radius 3 is 2.58 bits per heavy atom. The highest BCUT2D eigenvalue weighted by molar-refractivity contribution is 7.14. The van der Waals surface area contributed by atoms with Crippen molar-refractivity contribution in [2.45, 2.75) is 52.5 Å². The van der Waals surface area contributed by atoms with Crippen molar-refractivity contribution in [3.8, 4) is 11.3 Å². The zero-order valence-electron chi connectivity index (χ0n) is 15.5. The number of carbonyl (C=O) groups excluding carboxylic acids is 2. The molecule has 1 heterocycles. The van der Waals surface area contributed by atoms with Gasteiger partial charge in [-0.3, -0.25) is 9.59 Å². The Labute approximate surface area is 158 Å². The van der Waals surface area contributed by atoms with E-state index in [4.69, 9.17) is 0 Å². The van der Waals surface area contributed by atoms with Crippen molar-refractivity contribution in [1.29, 1.82) is 0 Å². The van der Waals surface area contributed by atoms with Gasteiger partial charge in [-0.1, -0.05) is 26.0 Å². The lowest BCUT2D eigenvalue weighted by Crippen LogP contribution is -2.46. The SMILES string of the molecule is CC(=O)N[C@@H](C(=O)Nc1nc(-c2ccc3c(c2)CCCC3)cs1)C(C)C. The van der Waals surface area contributed by atoms with Crippen LogP contribution in [0.5, 0.6) is 0 Å². The van der Waals surface area contributed by atoms with Gasteiger partial charge in [0.2, 0.25) is 11.8 Å².